The van der Waals surface area contributed by atoms with Crippen LogP contribution in [0.4, 0.5) is 0 Å². The van der Waals surface area contributed by atoms with Gasteiger partial charge < -0.3 is 24.4 Å². The molecule has 1 N–H and O–H groups in total. The summed E-state index contributed by atoms with van der Waals surface area (Å²) in [6, 6.07) is 18.6. The Morgan fingerprint density at radius 3 is 2.38 bits per heavy atom. The zero-order chi connectivity index (χ0) is 25.9. The minimum absolute atomic E-state index is 0.0442. The molecule has 0 saturated heterocycles. The first-order chi connectivity index (χ1) is 18.0. The maximum atomic E-state index is 13.9. The van der Waals surface area contributed by atoms with Crippen molar-refractivity contribution < 1.29 is 23.8 Å². The Hall–Kier alpha value is -4.00. The van der Waals surface area contributed by atoms with Gasteiger partial charge in [-0.15, -0.1) is 0 Å². The first-order valence-corrected chi connectivity index (χ1v) is 12.8. The fourth-order valence-electron chi connectivity index (χ4n) is 5.40. The molecule has 0 spiro atoms. The van der Waals surface area contributed by atoms with Gasteiger partial charge in [0.1, 0.15) is 5.75 Å². The van der Waals surface area contributed by atoms with E-state index >= 15 is 0 Å². The zero-order valence-corrected chi connectivity index (χ0v) is 21.5. The van der Waals surface area contributed by atoms with Gasteiger partial charge in [-0.1, -0.05) is 30.3 Å². The van der Waals surface area contributed by atoms with Crippen LogP contribution in [-0.2, 0) is 17.8 Å². The molecule has 2 heterocycles. The molecular weight excluding hydrogens is 468 g/mol. The molecule has 0 bridgehead atoms. The Morgan fingerprint density at radius 2 is 1.68 bits per heavy atom. The molecule has 7 heteroatoms. The fraction of sp³-hybridized carbons (Fsp3) is 0.333. The molecule has 0 aromatic heterocycles. The molecule has 0 aliphatic carbocycles. The molecule has 0 fully saturated rings. The van der Waals surface area contributed by atoms with Gasteiger partial charge in [0.15, 0.2) is 11.5 Å². The predicted molar refractivity (Wildman–Crippen MR) is 140 cm³/mol. The van der Waals surface area contributed by atoms with Crippen molar-refractivity contribution >= 4 is 11.8 Å². The lowest BCUT2D eigenvalue weighted by atomic mass is 9.75. The van der Waals surface area contributed by atoms with Gasteiger partial charge >= 0.3 is 0 Å². The van der Waals surface area contributed by atoms with E-state index in [0.717, 1.165) is 28.0 Å². The molecule has 2 aliphatic rings. The van der Waals surface area contributed by atoms with Crippen LogP contribution in [0.25, 0.3) is 0 Å². The van der Waals surface area contributed by atoms with Gasteiger partial charge in [0.05, 0.1) is 32.3 Å². The number of methoxy groups -OCH3 is 1. The maximum absolute atomic E-state index is 13.9. The summed E-state index contributed by atoms with van der Waals surface area (Å²) in [4.78, 5) is 29.3. The molecule has 0 unspecified atom stereocenters. The largest absolute Gasteiger partial charge is 0.497 e. The summed E-state index contributed by atoms with van der Waals surface area (Å²) >= 11 is 0. The number of amides is 2. The lowest BCUT2D eigenvalue weighted by Gasteiger charge is -2.45. The van der Waals surface area contributed by atoms with E-state index in [9.17, 15) is 9.59 Å². The highest BCUT2D eigenvalue weighted by atomic mass is 16.5. The second-order valence-electron chi connectivity index (χ2n) is 9.19. The second kappa shape index (κ2) is 10.5. The Kier molecular flexibility index (Phi) is 7.04. The number of hydrogen-bond donors (Lipinski definition) is 1. The van der Waals surface area contributed by atoms with Crippen LogP contribution in [0.1, 0.15) is 58.4 Å². The van der Waals surface area contributed by atoms with Crippen molar-refractivity contribution in [3.8, 4) is 17.2 Å². The number of carbonyl (C=O) groups is 2. The first-order valence-electron chi connectivity index (χ1n) is 12.8. The Labute approximate surface area is 217 Å². The van der Waals surface area contributed by atoms with Gasteiger partial charge in [0.2, 0.25) is 5.91 Å². The highest BCUT2D eigenvalue weighted by molar-refractivity contribution is 6.01. The van der Waals surface area contributed by atoms with Crippen molar-refractivity contribution in [1.29, 1.82) is 0 Å². The van der Waals surface area contributed by atoms with Crippen LogP contribution in [0.5, 0.6) is 17.2 Å². The van der Waals surface area contributed by atoms with Gasteiger partial charge in [0, 0.05) is 18.7 Å². The Morgan fingerprint density at radius 1 is 0.973 bits per heavy atom. The third kappa shape index (κ3) is 4.61. The molecule has 192 valence electrons. The van der Waals surface area contributed by atoms with Gasteiger partial charge in [-0.05, 0) is 72.9 Å². The van der Waals surface area contributed by atoms with Gasteiger partial charge in [-0.2, -0.15) is 0 Å². The van der Waals surface area contributed by atoms with Crippen LogP contribution in [-0.4, -0.2) is 43.6 Å². The SMILES string of the molecule is CCOc1cc2c(cc1OCC)[C@@H]1[C@@H](C(=O)NCc3ccc(OC)cc3)c3ccccc3C(=O)N1CC2. The van der Waals surface area contributed by atoms with Crippen molar-refractivity contribution in [1.82, 2.24) is 10.2 Å². The molecule has 0 saturated carbocycles. The molecule has 2 amide bonds. The zero-order valence-electron chi connectivity index (χ0n) is 21.5. The number of benzene rings is 3. The van der Waals surface area contributed by atoms with Crippen LogP contribution in [0.15, 0.2) is 60.7 Å². The number of nitrogens with one attached hydrogen (secondary N) is 1. The van der Waals surface area contributed by atoms with E-state index in [2.05, 4.69) is 5.32 Å². The van der Waals surface area contributed by atoms with E-state index in [-0.39, 0.29) is 11.8 Å². The Balaban J connectivity index is 1.54. The van der Waals surface area contributed by atoms with Crippen LogP contribution in [0.3, 0.4) is 0 Å². The summed E-state index contributed by atoms with van der Waals surface area (Å²) < 4.78 is 17.0. The standard InChI is InChI=1S/C30H32N2O5/c1-4-36-25-16-20-14-15-32-28(24(20)17-26(25)37-5-2)27(22-8-6-7-9-23(22)30(32)34)29(33)31-18-19-10-12-21(35-3)13-11-19/h6-13,16-17,27-28H,4-5,14-15,18H2,1-3H3,(H,31,33)/t27-,28+/m0/s1. The van der Waals surface area contributed by atoms with Gasteiger partial charge in [0.25, 0.3) is 5.91 Å². The molecule has 3 aromatic carbocycles. The maximum Gasteiger partial charge on any atom is 0.254 e. The number of nitrogens with zero attached hydrogens (tertiary/aromatic N) is 1. The summed E-state index contributed by atoms with van der Waals surface area (Å²) in [7, 11) is 1.63. The smallest absolute Gasteiger partial charge is 0.254 e. The number of hydrogen-bond acceptors (Lipinski definition) is 5. The van der Waals surface area contributed by atoms with Crippen molar-refractivity contribution in [3.05, 3.63) is 88.5 Å². The second-order valence-corrected chi connectivity index (χ2v) is 9.19. The molecule has 0 radical (unpaired) electrons. The summed E-state index contributed by atoms with van der Waals surface area (Å²) in [6.45, 7) is 5.79. The first kappa shape index (κ1) is 24.7. The summed E-state index contributed by atoms with van der Waals surface area (Å²) in [5.74, 6) is 1.37. The lowest BCUT2D eigenvalue weighted by Crippen LogP contribution is -2.50. The summed E-state index contributed by atoms with van der Waals surface area (Å²) in [5.41, 5.74) is 4.32. The predicted octanol–water partition coefficient (Wildman–Crippen LogP) is 4.65. The van der Waals surface area contributed by atoms with E-state index in [0.29, 0.717) is 49.8 Å². The average Bonchev–Trinajstić information content (AvgIpc) is 2.93. The highest BCUT2D eigenvalue weighted by Crippen LogP contribution is 2.48. The van der Waals surface area contributed by atoms with Crippen LogP contribution in [0.2, 0.25) is 0 Å². The molecule has 5 rings (SSSR count). The molecule has 2 atom stereocenters. The minimum atomic E-state index is -0.557. The highest BCUT2D eigenvalue weighted by Gasteiger charge is 2.46. The quantitative estimate of drug-likeness (QED) is 0.487. The summed E-state index contributed by atoms with van der Waals surface area (Å²) in [6.07, 6.45) is 0.687. The van der Waals surface area contributed by atoms with Crippen molar-refractivity contribution in [2.75, 3.05) is 26.9 Å². The van der Waals surface area contributed by atoms with Crippen molar-refractivity contribution in [2.45, 2.75) is 38.8 Å². The number of carbonyl (C=O) groups excluding carboxylic acids is 2. The van der Waals surface area contributed by atoms with Crippen LogP contribution < -0.4 is 19.5 Å². The Bertz CT molecular complexity index is 1300. The van der Waals surface area contributed by atoms with E-state index in [4.69, 9.17) is 14.2 Å². The lowest BCUT2D eigenvalue weighted by molar-refractivity contribution is -0.124. The third-order valence-electron chi connectivity index (χ3n) is 7.09. The van der Waals surface area contributed by atoms with E-state index < -0.39 is 12.0 Å². The topological polar surface area (TPSA) is 77.1 Å². The monoisotopic (exact) mass is 500 g/mol. The van der Waals surface area contributed by atoms with Crippen molar-refractivity contribution in [2.24, 2.45) is 0 Å². The summed E-state index contributed by atoms with van der Waals surface area (Å²) in [5, 5.41) is 3.12. The van der Waals surface area contributed by atoms with Crippen LogP contribution in [0, 0.1) is 0 Å². The minimum Gasteiger partial charge on any atom is -0.497 e. The normalized spacial score (nSPS) is 17.8. The van der Waals surface area contributed by atoms with Crippen molar-refractivity contribution in [3.63, 3.8) is 0 Å². The molecular formula is C30H32N2O5. The number of fused-ring (bicyclic) bond motifs is 4. The molecule has 37 heavy (non-hydrogen) atoms. The van der Waals surface area contributed by atoms with E-state index in [1.165, 1.54) is 0 Å². The number of rotatable bonds is 8. The number of ether oxygens (including phenoxy) is 3. The van der Waals surface area contributed by atoms with E-state index in [1.807, 2.05) is 79.4 Å². The van der Waals surface area contributed by atoms with Crippen LogP contribution >= 0.6 is 0 Å². The molecule has 2 aliphatic heterocycles. The van der Waals surface area contributed by atoms with Gasteiger partial charge in [-0.3, -0.25) is 9.59 Å². The fourth-order valence-corrected chi connectivity index (χ4v) is 5.40. The van der Waals surface area contributed by atoms with E-state index in [1.54, 1.807) is 7.11 Å². The molecule has 7 nitrogen and oxygen atoms in total. The third-order valence-corrected chi connectivity index (χ3v) is 7.09. The average molecular weight is 501 g/mol. The molecule has 3 aromatic rings. The van der Waals surface area contributed by atoms with Gasteiger partial charge in [-0.25, -0.2) is 0 Å².